The lowest BCUT2D eigenvalue weighted by molar-refractivity contribution is -0.302. The van der Waals surface area contributed by atoms with Gasteiger partial charge < -0.3 is 40.3 Å². The second kappa shape index (κ2) is 35.8. The van der Waals surface area contributed by atoms with Crippen molar-refractivity contribution >= 4 is 5.91 Å². The van der Waals surface area contributed by atoms with E-state index in [4.69, 9.17) is 9.47 Å². The molecule has 7 atom stereocenters. The zero-order valence-corrected chi connectivity index (χ0v) is 34.5. The summed E-state index contributed by atoms with van der Waals surface area (Å²) in [7, 11) is 0. The first-order valence-corrected chi connectivity index (χ1v) is 22.2. The normalized spacial score (nSPS) is 21.8. The fourth-order valence-corrected chi connectivity index (χ4v) is 6.83. The van der Waals surface area contributed by atoms with Crippen molar-refractivity contribution < 1.29 is 39.8 Å². The second-order valence-electron chi connectivity index (χ2n) is 15.5. The summed E-state index contributed by atoms with van der Waals surface area (Å²) >= 11 is 0. The molecule has 0 spiro atoms. The molecule has 1 heterocycles. The Morgan fingerprint density at radius 1 is 0.611 bits per heavy atom. The number of ether oxygens (including phenoxy) is 2. The summed E-state index contributed by atoms with van der Waals surface area (Å²) in [4.78, 5) is 12.7. The van der Waals surface area contributed by atoms with Crippen molar-refractivity contribution in [1.82, 2.24) is 5.32 Å². The molecule has 1 rings (SSSR count). The minimum absolute atomic E-state index is 0.205. The zero-order valence-electron chi connectivity index (χ0n) is 34.5. The highest BCUT2D eigenvalue weighted by molar-refractivity contribution is 5.76. The molecule has 6 N–H and O–H groups in total. The van der Waals surface area contributed by atoms with Crippen molar-refractivity contribution in [3.63, 3.8) is 0 Å². The number of aliphatic hydroxyl groups excluding tert-OH is 5. The highest BCUT2D eigenvalue weighted by atomic mass is 16.7. The second-order valence-corrected chi connectivity index (χ2v) is 15.5. The molecule has 1 fully saturated rings. The van der Waals surface area contributed by atoms with Gasteiger partial charge in [0.15, 0.2) is 6.29 Å². The molecule has 0 aliphatic carbocycles. The van der Waals surface area contributed by atoms with E-state index in [1.54, 1.807) is 6.08 Å². The summed E-state index contributed by atoms with van der Waals surface area (Å²) in [5.74, 6) is -0.205. The first-order valence-electron chi connectivity index (χ1n) is 22.2. The molecule has 9 heteroatoms. The summed E-state index contributed by atoms with van der Waals surface area (Å²) in [5.41, 5.74) is 0. The Labute approximate surface area is 330 Å². The van der Waals surface area contributed by atoms with E-state index in [2.05, 4.69) is 43.5 Å². The third kappa shape index (κ3) is 26.3. The molecule has 9 nitrogen and oxygen atoms in total. The third-order valence-electron chi connectivity index (χ3n) is 10.4. The van der Waals surface area contributed by atoms with Crippen LogP contribution >= 0.6 is 0 Å². The van der Waals surface area contributed by atoms with Crippen molar-refractivity contribution in [3.8, 4) is 0 Å². The SMILES string of the molecule is CCCCCCCCCCCCCCCCCC/C=C/CC/C=C/CC/C=C/C(O)C(COC1OC(CO)C(O)C(O)C1O)NC(=O)CCCCCCC. The highest BCUT2D eigenvalue weighted by Gasteiger charge is 2.44. The fourth-order valence-electron chi connectivity index (χ4n) is 6.83. The average molecular weight is 766 g/mol. The van der Waals surface area contributed by atoms with Gasteiger partial charge in [-0.15, -0.1) is 0 Å². The van der Waals surface area contributed by atoms with Gasteiger partial charge in [0, 0.05) is 6.42 Å². The number of carbonyl (C=O) groups excluding carboxylic acids is 1. The molecule has 1 aliphatic heterocycles. The Morgan fingerprint density at radius 3 is 1.56 bits per heavy atom. The first kappa shape index (κ1) is 50.4. The topological polar surface area (TPSA) is 149 Å². The van der Waals surface area contributed by atoms with Crippen LogP contribution in [0.15, 0.2) is 36.5 Å². The molecule has 54 heavy (non-hydrogen) atoms. The van der Waals surface area contributed by atoms with Gasteiger partial charge in [0.1, 0.15) is 24.4 Å². The summed E-state index contributed by atoms with van der Waals surface area (Å²) < 4.78 is 11.1. The molecule has 1 saturated heterocycles. The number of allylic oxidation sites excluding steroid dienone is 5. The van der Waals surface area contributed by atoms with Gasteiger partial charge in [-0.25, -0.2) is 0 Å². The van der Waals surface area contributed by atoms with E-state index in [0.717, 1.165) is 57.8 Å². The maximum Gasteiger partial charge on any atom is 0.220 e. The van der Waals surface area contributed by atoms with Crippen LogP contribution in [-0.2, 0) is 14.3 Å². The van der Waals surface area contributed by atoms with Crippen LogP contribution < -0.4 is 5.32 Å². The lowest BCUT2D eigenvalue weighted by Crippen LogP contribution is -2.60. The van der Waals surface area contributed by atoms with Crippen LogP contribution in [0.4, 0.5) is 0 Å². The lowest BCUT2D eigenvalue weighted by atomic mass is 9.99. The fraction of sp³-hybridized carbons (Fsp3) is 0.844. The lowest BCUT2D eigenvalue weighted by Gasteiger charge is -2.40. The Bertz CT molecular complexity index is 941. The number of carbonyl (C=O) groups is 1. The average Bonchev–Trinajstić information content (AvgIpc) is 3.17. The van der Waals surface area contributed by atoms with Crippen molar-refractivity contribution in [1.29, 1.82) is 0 Å². The van der Waals surface area contributed by atoms with Gasteiger partial charge in [-0.2, -0.15) is 0 Å². The summed E-state index contributed by atoms with van der Waals surface area (Å²) in [6.07, 6.45) is 36.9. The zero-order chi connectivity index (χ0) is 39.5. The number of hydrogen-bond acceptors (Lipinski definition) is 8. The van der Waals surface area contributed by atoms with Gasteiger partial charge >= 0.3 is 0 Å². The molecule has 316 valence electrons. The molecule has 0 aromatic rings. The summed E-state index contributed by atoms with van der Waals surface area (Å²) in [6, 6.07) is -0.821. The molecule has 1 aliphatic rings. The predicted molar refractivity (Wildman–Crippen MR) is 221 cm³/mol. The highest BCUT2D eigenvalue weighted by Crippen LogP contribution is 2.22. The minimum atomic E-state index is -1.57. The smallest absolute Gasteiger partial charge is 0.220 e. The van der Waals surface area contributed by atoms with Crippen LogP contribution in [0.25, 0.3) is 0 Å². The maximum absolute atomic E-state index is 12.7. The molecule has 7 unspecified atom stereocenters. The maximum atomic E-state index is 12.7. The number of rotatable bonds is 36. The van der Waals surface area contributed by atoms with E-state index in [1.807, 2.05) is 6.08 Å². The number of nitrogens with one attached hydrogen (secondary N) is 1. The molecule has 0 aromatic carbocycles. The monoisotopic (exact) mass is 766 g/mol. The van der Waals surface area contributed by atoms with Gasteiger partial charge in [-0.3, -0.25) is 4.79 Å². The molecule has 0 saturated carbocycles. The number of amides is 1. The van der Waals surface area contributed by atoms with Crippen LogP contribution in [0.3, 0.4) is 0 Å². The number of hydrogen-bond donors (Lipinski definition) is 6. The molecular formula is C45H83NO8. The van der Waals surface area contributed by atoms with E-state index in [-0.39, 0.29) is 12.5 Å². The van der Waals surface area contributed by atoms with Crippen molar-refractivity contribution in [3.05, 3.63) is 36.5 Å². The van der Waals surface area contributed by atoms with Crippen LogP contribution in [0.2, 0.25) is 0 Å². The third-order valence-corrected chi connectivity index (χ3v) is 10.4. The standard InChI is InChI=1S/C45H83NO8/c1-3-5-7-9-10-11-12-13-14-15-16-17-18-19-20-21-22-23-24-25-26-27-28-29-31-32-34-39(48)38(46-41(49)35-33-30-8-6-4-2)37-53-45-44(52)43(51)42(50)40(36-47)54-45/h23-24,27-28,32,34,38-40,42-45,47-48,50-52H,3-22,25-26,29-31,33,35-37H2,1-2H3,(H,46,49)/b24-23+,28-27+,34-32+. The molecule has 1 amide bonds. The largest absolute Gasteiger partial charge is 0.394 e. The van der Waals surface area contributed by atoms with E-state index in [1.165, 1.54) is 109 Å². The predicted octanol–water partition coefficient (Wildman–Crippen LogP) is 8.89. The number of unbranched alkanes of at least 4 members (excludes halogenated alkanes) is 22. The van der Waals surface area contributed by atoms with Gasteiger partial charge in [0.05, 0.1) is 25.4 Å². The number of aliphatic hydroxyl groups is 5. The van der Waals surface area contributed by atoms with Gasteiger partial charge in [-0.05, 0) is 44.9 Å². The van der Waals surface area contributed by atoms with Crippen LogP contribution in [0.5, 0.6) is 0 Å². The Hall–Kier alpha value is -1.59. The molecule has 0 radical (unpaired) electrons. The molecular weight excluding hydrogens is 682 g/mol. The van der Waals surface area contributed by atoms with Crippen LogP contribution in [-0.4, -0.2) is 87.5 Å². The van der Waals surface area contributed by atoms with E-state index < -0.39 is 49.5 Å². The first-order chi connectivity index (χ1) is 26.3. The van der Waals surface area contributed by atoms with E-state index >= 15 is 0 Å². The Morgan fingerprint density at radius 2 is 1.06 bits per heavy atom. The quantitative estimate of drug-likeness (QED) is 0.0274. The molecule has 0 bridgehead atoms. The van der Waals surface area contributed by atoms with Crippen LogP contribution in [0, 0.1) is 0 Å². The van der Waals surface area contributed by atoms with E-state index in [0.29, 0.717) is 6.42 Å². The Kier molecular flexibility index (Phi) is 33.4. The van der Waals surface area contributed by atoms with E-state index in [9.17, 15) is 30.3 Å². The summed E-state index contributed by atoms with van der Waals surface area (Å²) in [6.45, 7) is 3.64. The van der Waals surface area contributed by atoms with Crippen LogP contribution in [0.1, 0.15) is 187 Å². The van der Waals surface area contributed by atoms with Crippen molar-refractivity contribution in [2.45, 2.75) is 230 Å². The van der Waals surface area contributed by atoms with Gasteiger partial charge in [0.25, 0.3) is 0 Å². The van der Waals surface area contributed by atoms with Gasteiger partial charge in [0.2, 0.25) is 5.91 Å². The molecule has 0 aromatic heterocycles. The summed E-state index contributed by atoms with van der Waals surface area (Å²) in [5, 5.41) is 53.7. The Balaban J connectivity index is 2.23. The van der Waals surface area contributed by atoms with Crippen molar-refractivity contribution in [2.75, 3.05) is 13.2 Å². The van der Waals surface area contributed by atoms with Crippen molar-refractivity contribution in [2.24, 2.45) is 0 Å². The van der Waals surface area contributed by atoms with Gasteiger partial charge in [-0.1, -0.05) is 172 Å². The minimum Gasteiger partial charge on any atom is -0.394 e.